The van der Waals surface area contributed by atoms with Crippen LogP contribution in [0.4, 0.5) is 0 Å². The van der Waals surface area contributed by atoms with Crippen LogP contribution in [0.1, 0.15) is 13.8 Å². The van der Waals surface area contributed by atoms with Gasteiger partial charge in [-0.2, -0.15) is 0 Å². The molecule has 1 aliphatic rings. The minimum atomic E-state index is -1.52. The van der Waals surface area contributed by atoms with Gasteiger partial charge in [0.2, 0.25) is 12.1 Å². The second kappa shape index (κ2) is 6.43. The molecule has 0 aliphatic carbocycles. The lowest BCUT2D eigenvalue weighted by molar-refractivity contribution is -0.934. The quantitative estimate of drug-likeness (QED) is 0.740. The number of hydrogen-bond acceptors (Lipinski definition) is 2. The van der Waals surface area contributed by atoms with E-state index in [1.165, 1.54) is 0 Å². The average Bonchev–Trinajstić information content (AvgIpc) is 2.25. The van der Waals surface area contributed by atoms with Gasteiger partial charge in [-0.25, -0.2) is 0 Å². The van der Waals surface area contributed by atoms with Crippen LogP contribution in [0.2, 0.25) is 0 Å². The predicted molar refractivity (Wildman–Crippen MR) is 68.6 cm³/mol. The van der Waals surface area contributed by atoms with Crippen LogP contribution in [-0.4, -0.2) is 42.2 Å². The molecule has 17 heavy (non-hydrogen) atoms. The number of ether oxygens (including phenoxy) is 1. The summed E-state index contributed by atoms with van der Waals surface area (Å²) in [5.41, 5.74) is 0. The number of nitrogens with one attached hydrogen (secondary N) is 2. The van der Waals surface area contributed by atoms with Crippen molar-refractivity contribution >= 4 is 40.7 Å². The molecule has 0 aromatic carbocycles. The highest BCUT2D eigenvalue weighted by Gasteiger charge is 2.42. The van der Waals surface area contributed by atoms with Crippen LogP contribution in [0.3, 0.4) is 0 Å². The van der Waals surface area contributed by atoms with Crippen molar-refractivity contribution in [1.29, 1.82) is 0 Å². The Morgan fingerprint density at radius 2 is 1.82 bits per heavy atom. The van der Waals surface area contributed by atoms with E-state index in [0.29, 0.717) is 13.2 Å². The summed E-state index contributed by atoms with van der Waals surface area (Å²) >= 11 is 17.8. The highest BCUT2D eigenvalue weighted by Crippen LogP contribution is 2.28. The molecule has 0 aromatic rings. The fourth-order valence-corrected chi connectivity index (χ4v) is 2.27. The van der Waals surface area contributed by atoms with E-state index in [0.717, 1.165) is 18.0 Å². The topological polar surface area (TPSA) is 42.8 Å². The summed E-state index contributed by atoms with van der Waals surface area (Å²) in [5.74, 6) is -0.245. The first kappa shape index (κ1) is 15.3. The number of morpholine rings is 1. The third-order valence-corrected chi connectivity index (χ3v) is 3.34. The second-order valence-corrected chi connectivity index (χ2v) is 6.78. The Morgan fingerprint density at radius 1 is 1.29 bits per heavy atom. The van der Waals surface area contributed by atoms with Crippen LogP contribution in [0.25, 0.3) is 0 Å². The molecule has 1 heterocycles. The first-order valence-electron chi connectivity index (χ1n) is 5.61. The number of quaternary nitrogens is 1. The number of alkyl halides is 3. The van der Waals surface area contributed by atoms with E-state index < -0.39 is 9.96 Å². The van der Waals surface area contributed by atoms with E-state index in [1.807, 2.05) is 0 Å². The number of carbonyl (C=O) groups is 1. The molecule has 1 aliphatic heterocycles. The van der Waals surface area contributed by atoms with Crippen LogP contribution in [0, 0.1) is 5.92 Å². The van der Waals surface area contributed by atoms with E-state index in [9.17, 15) is 4.79 Å². The minimum Gasteiger partial charge on any atom is -0.370 e. The van der Waals surface area contributed by atoms with Crippen molar-refractivity contribution in [2.24, 2.45) is 5.92 Å². The average molecular weight is 305 g/mol. The highest BCUT2D eigenvalue weighted by atomic mass is 35.6. The van der Waals surface area contributed by atoms with Crippen molar-refractivity contribution < 1.29 is 14.4 Å². The SMILES string of the molecule is CC(C)C(=O)N[C@@H]([NH+]1CCOCC1)C(Cl)(Cl)Cl. The summed E-state index contributed by atoms with van der Waals surface area (Å²) in [6, 6.07) is 0. The molecule has 0 unspecified atom stereocenters. The molecule has 0 radical (unpaired) electrons. The summed E-state index contributed by atoms with van der Waals surface area (Å²) in [6.45, 7) is 6.28. The monoisotopic (exact) mass is 303 g/mol. The summed E-state index contributed by atoms with van der Waals surface area (Å²) in [7, 11) is 0. The number of rotatable bonds is 3. The molecule has 1 amide bonds. The van der Waals surface area contributed by atoms with Gasteiger partial charge in [0.1, 0.15) is 13.1 Å². The summed E-state index contributed by atoms with van der Waals surface area (Å²) in [5, 5.41) is 2.80. The molecular weight excluding hydrogens is 286 g/mol. The molecule has 1 saturated heterocycles. The molecule has 1 atom stereocenters. The maximum atomic E-state index is 11.7. The van der Waals surface area contributed by atoms with E-state index >= 15 is 0 Å². The van der Waals surface area contributed by atoms with E-state index in [-0.39, 0.29) is 11.8 Å². The van der Waals surface area contributed by atoms with Crippen molar-refractivity contribution in [3.05, 3.63) is 0 Å². The third kappa shape index (κ3) is 4.79. The number of halogens is 3. The molecule has 100 valence electrons. The van der Waals surface area contributed by atoms with Gasteiger partial charge in [0, 0.05) is 5.92 Å². The highest BCUT2D eigenvalue weighted by molar-refractivity contribution is 6.68. The van der Waals surface area contributed by atoms with Crippen molar-refractivity contribution in [3.63, 3.8) is 0 Å². The van der Waals surface area contributed by atoms with Gasteiger partial charge in [0.25, 0.3) is 3.79 Å². The zero-order valence-corrected chi connectivity index (χ0v) is 12.2. The molecule has 0 spiro atoms. The largest absolute Gasteiger partial charge is 0.370 e. The van der Waals surface area contributed by atoms with Crippen LogP contribution in [-0.2, 0) is 9.53 Å². The predicted octanol–water partition coefficient (Wildman–Crippen LogP) is 0.370. The smallest absolute Gasteiger partial charge is 0.262 e. The standard InChI is InChI=1S/C10H17Cl3N2O2/c1-7(2)8(16)14-9(10(11,12)13)15-3-5-17-6-4-15/h7,9H,3-6H2,1-2H3,(H,14,16)/p+1/t9-/m0/s1. The molecule has 0 aromatic heterocycles. The van der Waals surface area contributed by atoms with Crippen LogP contribution >= 0.6 is 34.8 Å². The number of amides is 1. The zero-order chi connectivity index (χ0) is 13.1. The van der Waals surface area contributed by atoms with Gasteiger partial charge in [0.05, 0.1) is 13.2 Å². The lowest BCUT2D eigenvalue weighted by atomic mass is 10.2. The van der Waals surface area contributed by atoms with Crippen molar-refractivity contribution in [2.45, 2.75) is 23.8 Å². The summed E-state index contributed by atoms with van der Waals surface area (Å²) in [4.78, 5) is 12.7. The minimum absolute atomic E-state index is 0.111. The van der Waals surface area contributed by atoms with Gasteiger partial charge in [-0.1, -0.05) is 48.7 Å². The lowest BCUT2D eigenvalue weighted by Crippen LogP contribution is -3.21. The Bertz CT molecular complexity index is 263. The molecule has 4 nitrogen and oxygen atoms in total. The Balaban J connectivity index is 2.69. The van der Waals surface area contributed by atoms with Gasteiger partial charge in [-0.3, -0.25) is 4.79 Å². The van der Waals surface area contributed by atoms with E-state index in [4.69, 9.17) is 39.5 Å². The van der Waals surface area contributed by atoms with Crippen LogP contribution < -0.4 is 10.2 Å². The maximum Gasteiger partial charge on any atom is 0.262 e. The van der Waals surface area contributed by atoms with Crippen LogP contribution in [0.5, 0.6) is 0 Å². The molecule has 7 heteroatoms. The number of carbonyl (C=O) groups excluding carboxylic acids is 1. The molecule has 0 saturated carbocycles. The van der Waals surface area contributed by atoms with Gasteiger partial charge in [-0.15, -0.1) is 0 Å². The third-order valence-electron chi connectivity index (χ3n) is 2.68. The molecule has 1 rings (SSSR count). The first-order chi connectivity index (χ1) is 7.82. The van der Waals surface area contributed by atoms with E-state index in [2.05, 4.69) is 5.32 Å². The zero-order valence-electron chi connectivity index (χ0n) is 9.93. The maximum absolute atomic E-state index is 11.7. The normalized spacial score (nSPS) is 20.4. The van der Waals surface area contributed by atoms with Gasteiger partial charge in [0.15, 0.2) is 0 Å². The van der Waals surface area contributed by atoms with Gasteiger partial charge >= 0.3 is 0 Å². The van der Waals surface area contributed by atoms with Gasteiger partial charge < -0.3 is 15.0 Å². The van der Waals surface area contributed by atoms with Gasteiger partial charge in [-0.05, 0) is 0 Å². The fourth-order valence-electron chi connectivity index (χ4n) is 1.65. The Hall–Kier alpha value is 0.260. The fraction of sp³-hybridized carbons (Fsp3) is 0.900. The molecule has 1 fully saturated rings. The molecular formula is C10H18Cl3N2O2+. The van der Waals surface area contributed by atoms with Crippen molar-refractivity contribution in [3.8, 4) is 0 Å². The molecule has 0 bridgehead atoms. The van der Waals surface area contributed by atoms with Crippen molar-refractivity contribution in [2.75, 3.05) is 26.3 Å². The Kier molecular flexibility index (Phi) is 5.80. The summed E-state index contributed by atoms with van der Waals surface area (Å²) < 4.78 is 3.74. The van der Waals surface area contributed by atoms with Crippen LogP contribution in [0.15, 0.2) is 0 Å². The molecule has 2 N–H and O–H groups in total. The van der Waals surface area contributed by atoms with Crippen molar-refractivity contribution in [1.82, 2.24) is 5.32 Å². The first-order valence-corrected chi connectivity index (χ1v) is 6.75. The van der Waals surface area contributed by atoms with E-state index in [1.54, 1.807) is 13.8 Å². The Morgan fingerprint density at radius 3 is 2.24 bits per heavy atom. The number of hydrogen-bond donors (Lipinski definition) is 2. The summed E-state index contributed by atoms with van der Waals surface area (Å²) in [6.07, 6.45) is -0.536. The second-order valence-electron chi connectivity index (χ2n) is 4.41. The Labute approximate surface area is 117 Å². The lowest BCUT2D eigenvalue weighted by Gasteiger charge is -2.35.